The van der Waals surface area contributed by atoms with E-state index in [9.17, 15) is 0 Å². The zero-order valence-electron chi connectivity index (χ0n) is 9.82. The Morgan fingerprint density at radius 1 is 1.06 bits per heavy atom. The molecular formula is C12H17NO3. The molecule has 0 atom stereocenters. The first-order chi connectivity index (χ1) is 7.76. The normalized spacial score (nSPS) is 10.5. The number of rotatable bonds is 5. The molecule has 0 aliphatic rings. The van der Waals surface area contributed by atoms with Gasteiger partial charge in [0.25, 0.3) is 0 Å². The van der Waals surface area contributed by atoms with Crippen molar-refractivity contribution >= 4 is 6.08 Å². The van der Waals surface area contributed by atoms with E-state index in [4.69, 9.17) is 19.9 Å². The van der Waals surface area contributed by atoms with Crippen molar-refractivity contribution in [1.82, 2.24) is 0 Å². The summed E-state index contributed by atoms with van der Waals surface area (Å²) >= 11 is 0. The number of nitrogens with two attached hydrogens (primary N) is 1. The summed E-state index contributed by atoms with van der Waals surface area (Å²) in [5.74, 6) is 2.08. The maximum atomic E-state index is 5.42. The van der Waals surface area contributed by atoms with Crippen molar-refractivity contribution in [3.63, 3.8) is 0 Å². The van der Waals surface area contributed by atoms with Crippen molar-refractivity contribution in [3.8, 4) is 17.2 Å². The first kappa shape index (κ1) is 12.4. The fraction of sp³-hybridized carbons (Fsp3) is 0.333. The zero-order chi connectivity index (χ0) is 12.0. The second-order valence-corrected chi connectivity index (χ2v) is 3.08. The number of hydrogen-bond donors (Lipinski definition) is 1. The molecule has 1 aromatic rings. The van der Waals surface area contributed by atoms with E-state index in [0.29, 0.717) is 23.8 Å². The predicted octanol–water partition coefficient (Wildman–Crippen LogP) is 1.68. The number of benzene rings is 1. The molecule has 2 N–H and O–H groups in total. The quantitative estimate of drug-likeness (QED) is 0.825. The minimum atomic E-state index is 0.471. The Morgan fingerprint density at radius 3 is 2.00 bits per heavy atom. The molecule has 0 radical (unpaired) electrons. The number of ether oxygens (including phenoxy) is 3. The summed E-state index contributed by atoms with van der Waals surface area (Å²) in [7, 11) is 4.81. The smallest absolute Gasteiger partial charge is 0.133 e. The Bertz CT molecular complexity index is 350. The average Bonchev–Trinajstić information content (AvgIpc) is 2.35. The first-order valence-electron chi connectivity index (χ1n) is 4.93. The van der Waals surface area contributed by atoms with E-state index in [1.807, 2.05) is 12.2 Å². The van der Waals surface area contributed by atoms with E-state index in [2.05, 4.69) is 0 Å². The Balaban J connectivity index is 3.25. The monoisotopic (exact) mass is 223 g/mol. The van der Waals surface area contributed by atoms with Crippen molar-refractivity contribution in [2.75, 3.05) is 27.9 Å². The lowest BCUT2D eigenvalue weighted by atomic mass is 10.1. The lowest BCUT2D eigenvalue weighted by molar-refractivity contribution is 0.374. The van der Waals surface area contributed by atoms with E-state index >= 15 is 0 Å². The Labute approximate surface area is 95.6 Å². The molecule has 0 bridgehead atoms. The van der Waals surface area contributed by atoms with Gasteiger partial charge in [0.15, 0.2) is 0 Å². The first-order valence-corrected chi connectivity index (χ1v) is 4.93. The SMILES string of the molecule is COc1cc(OC)c(C=CCN)c(OC)c1. The van der Waals surface area contributed by atoms with Crippen LogP contribution in [0, 0.1) is 0 Å². The fourth-order valence-corrected chi connectivity index (χ4v) is 1.38. The molecule has 0 fully saturated rings. The van der Waals surface area contributed by atoms with Crippen molar-refractivity contribution < 1.29 is 14.2 Å². The van der Waals surface area contributed by atoms with Gasteiger partial charge in [0.2, 0.25) is 0 Å². The van der Waals surface area contributed by atoms with Crippen molar-refractivity contribution in [1.29, 1.82) is 0 Å². The van der Waals surface area contributed by atoms with Crippen LogP contribution in [0.5, 0.6) is 17.2 Å². The highest BCUT2D eigenvalue weighted by Crippen LogP contribution is 2.34. The molecule has 16 heavy (non-hydrogen) atoms. The third-order valence-corrected chi connectivity index (χ3v) is 2.17. The molecule has 0 saturated carbocycles. The second-order valence-electron chi connectivity index (χ2n) is 3.08. The summed E-state index contributed by atoms with van der Waals surface area (Å²) in [6.45, 7) is 0.471. The summed E-state index contributed by atoms with van der Waals surface area (Å²) in [4.78, 5) is 0. The maximum absolute atomic E-state index is 5.42. The molecule has 0 spiro atoms. The van der Waals surface area contributed by atoms with Crippen molar-refractivity contribution in [3.05, 3.63) is 23.8 Å². The van der Waals surface area contributed by atoms with Gasteiger partial charge in [0.1, 0.15) is 17.2 Å². The van der Waals surface area contributed by atoms with E-state index in [0.717, 1.165) is 5.56 Å². The van der Waals surface area contributed by atoms with Crippen molar-refractivity contribution in [2.24, 2.45) is 5.73 Å². The topological polar surface area (TPSA) is 53.7 Å². The maximum Gasteiger partial charge on any atom is 0.133 e. The molecule has 0 unspecified atom stereocenters. The van der Waals surface area contributed by atoms with Crippen LogP contribution in [-0.4, -0.2) is 27.9 Å². The summed E-state index contributed by atoms with van der Waals surface area (Å²) in [5.41, 5.74) is 6.28. The standard InChI is InChI=1S/C12H17NO3/c1-14-9-7-11(15-2)10(5-4-6-13)12(8-9)16-3/h4-5,7-8H,6,13H2,1-3H3. The molecular weight excluding hydrogens is 206 g/mol. The van der Waals surface area contributed by atoms with Crippen LogP contribution in [0.15, 0.2) is 18.2 Å². The highest BCUT2D eigenvalue weighted by atomic mass is 16.5. The van der Waals surface area contributed by atoms with Crippen LogP contribution in [0.3, 0.4) is 0 Å². The minimum absolute atomic E-state index is 0.471. The molecule has 0 aromatic heterocycles. The van der Waals surface area contributed by atoms with Crippen LogP contribution in [-0.2, 0) is 0 Å². The number of hydrogen-bond acceptors (Lipinski definition) is 4. The Morgan fingerprint density at radius 2 is 1.62 bits per heavy atom. The molecule has 1 aromatic carbocycles. The van der Waals surface area contributed by atoms with E-state index < -0.39 is 0 Å². The lowest BCUT2D eigenvalue weighted by Gasteiger charge is -2.12. The van der Waals surface area contributed by atoms with Gasteiger partial charge in [-0.25, -0.2) is 0 Å². The molecule has 0 heterocycles. The predicted molar refractivity (Wildman–Crippen MR) is 64.2 cm³/mol. The summed E-state index contributed by atoms with van der Waals surface area (Å²) in [6.07, 6.45) is 3.71. The van der Waals surface area contributed by atoms with E-state index in [1.54, 1.807) is 33.5 Å². The fourth-order valence-electron chi connectivity index (χ4n) is 1.38. The largest absolute Gasteiger partial charge is 0.496 e. The summed E-state index contributed by atoms with van der Waals surface area (Å²) in [6, 6.07) is 3.61. The summed E-state index contributed by atoms with van der Waals surface area (Å²) < 4.78 is 15.7. The van der Waals surface area contributed by atoms with Gasteiger partial charge in [-0.1, -0.05) is 12.2 Å². The van der Waals surface area contributed by atoms with Gasteiger partial charge in [-0.2, -0.15) is 0 Å². The lowest BCUT2D eigenvalue weighted by Crippen LogP contribution is -1.96. The third kappa shape index (κ3) is 2.67. The van der Waals surface area contributed by atoms with Crippen LogP contribution in [0.25, 0.3) is 6.08 Å². The van der Waals surface area contributed by atoms with E-state index in [-0.39, 0.29) is 0 Å². The van der Waals surface area contributed by atoms with Gasteiger partial charge in [0, 0.05) is 18.7 Å². The Kier molecular flexibility index (Phi) is 4.66. The highest BCUT2D eigenvalue weighted by molar-refractivity contribution is 5.66. The molecule has 0 aliphatic carbocycles. The van der Waals surface area contributed by atoms with Gasteiger partial charge in [-0.3, -0.25) is 0 Å². The molecule has 0 amide bonds. The van der Waals surface area contributed by atoms with Gasteiger partial charge < -0.3 is 19.9 Å². The molecule has 4 heteroatoms. The highest BCUT2D eigenvalue weighted by Gasteiger charge is 2.10. The molecule has 88 valence electrons. The van der Waals surface area contributed by atoms with Gasteiger partial charge >= 0.3 is 0 Å². The van der Waals surface area contributed by atoms with Crippen LogP contribution in [0.2, 0.25) is 0 Å². The number of methoxy groups -OCH3 is 3. The van der Waals surface area contributed by atoms with Gasteiger partial charge in [0.05, 0.1) is 26.9 Å². The molecule has 0 saturated heterocycles. The van der Waals surface area contributed by atoms with Gasteiger partial charge in [-0.05, 0) is 0 Å². The van der Waals surface area contributed by atoms with Crippen LogP contribution < -0.4 is 19.9 Å². The second kappa shape index (κ2) is 6.02. The van der Waals surface area contributed by atoms with Crippen LogP contribution in [0.1, 0.15) is 5.56 Å². The van der Waals surface area contributed by atoms with Crippen LogP contribution in [0.4, 0.5) is 0 Å². The summed E-state index contributed by atoms with van der Waals surface area (Å²) in [5, 5.41) is 0. The Hall–Kier alpha value is -1.68. The molecule has 4 nitrogen and oxygen atoms in total. The molecule has 0 aliphatic heterocycles. The molecule has 1 rings (SSSR count). The minimum Gasteiger partial charge on any atom is -0.496 e. The zero-order valence-corrected chi connectivity index (χ0v) is 9.82. The average molecular weight is 223 g/mol. The third-order valence-electron chi connectivity index (χ3n) is 2.17. The van der Waals surface area contributed by atoms with Crippen molar-refractivity contribution in [2.45, 2.75) is 0 Å². The van der Waals surface area contributed by atoms with E-state index in [1.165, 1.54) is 0 Å². The van der Waals surface area contributed by atoms with Crippen LogP contribution >= 0.6 is 0 Å². The van der Waals surface area contributed by atoms with Gasteiger partial charge in [-0.15, -0.1) is 0 Å².